The number of aliphatic hydroxyl groups excluding tert-OH is 1. The summed E-state index contributed by atoms with van der Waals surface area (Å²) < 4.78 is 14.3. The first kappa shape index (κ1) is 22.4. The molecule has 0 radical (unpaired) electrons. The van der Waals surface area contributed by atoms with E-state index < -0.39 is 0 Å². The van der Waals surface area contributed by atoms with Gasteiger partial charge in [-0.2, -0.15) is 0 Å². The average Bonchev–Trinajstić information content (AvgIpc) is 2.78. The molecule has 0 unspecified atom stereocenters. The highest BCUT2D eigenvalue weighted by Crippen LogP contribution is 2.26. The summed E-state index contributed by atoms with van der Waals surface area (Å²) in [6.07, 6.45) is 0.756. The summed E-state index contributed by atoms with van der Waals surface area (Å²) in [5.41, 5.74) is 3.70. The maximum atomic E-state index is 14.3. The fourth-order valence-corrected chi connectivity index (χ4v) is 4.41. The van der Waals surface area contributed by atoms with E-state index in [4.69, 9.17) is 4.98 Å². The van der Waals surface area contributed by atoms with Crippen LogP contribution in [-0.2, 0) is 12.8 Å². The predicted octanol–water partition coefficient (Wildman–Crippen LogP) is 3.55. The molecule has 1 fully saturated rings. The van der Waals surface area contributed by atoms with Crippen LogP contribution in [0.2, 0.25) is 0 Å². The number of piperazine rings is 1. The number of hydrogen-bond acceptors (Lipinski definition) is 5. The molecule has 1 aliphatic heterocycles. The molecule has 1 aliphatic rings. The Morgan fingerprint density at radius 2 is 1.62 bits per heavy atom. The van der Waals surface area contributed by atoms with Crippen molar-refractivity contribution in [1.29, 1.82) is 0 Å². The van der Waals surface area contributed by atoms with Crippen LogP contribution in [-0.4, -0.2) is 58.8 Å². The van der Waals surface area contributed by atoms with Crippen molar-refractivity contribution < 1.29 is 9.50 Å². The van der Waals surface area contributed by atoms with Crippen LogP contribution < -0.4 is 4.90 Å². The van der Waals surface area contributed by atoms with Crippen LogP contribution >= 0.6 is 0 Å². The number of benzene rings is 2. The molecule has 1 saturated heterocycles. The van der Waals surface area contributed by atoms with Gasteiger partial charge in [0, 0.05) is 50.4 Å². The Balaban J connectivity index is 1.42. The van der Waals surface area contributed by atoms with Gasteiger partial charge in [-0.25, -0.2) is 14.4 Å². The van der Waals surface area contributed by atoms with E-state index in [1.54, 1.807) is 6.07 Å². The molecule has 1 N–H and O–H groups in total. The Kier molecular flexibility index (Phi) is 7.12. The summed E-state index contributed by atoms with van der Waals surface area (Å²) in [5, 5.41) is 10.5. The van der Waals surface area contributed by atoms with E-state index in [9.17, 15) is 9.50 Å². The minimum absolute atomic E-state index is 0.198. The molecule has 2 aromatic carbocycles. The Morgan fingerprint density at radius 1 is 0.938 bits per heavy atom. The normalized spacial score (nSPS) is 15.7. The number of nitrogens with zero attached hydrogens (tertiary/aromatic N) is 4. The first-order chi connectivity index (χ1) is 15.5. The molecule has 1 atom stereocenters. The number of aromatic nitrogens is 2. The van der Waals surface area contributed by atoms with Gasteiger partial charge in [0.05, 0.1) is 6.10 Å². The quantitative estimate of drug-likeness (QED) is 0.616. The van der Waals surface area contributed by atoms with Crippen molar-refractivity contribution in [3.05, 3.63) is 88.6 Å². The monoisotopic (exact) mass is 434 g/mol. The molecule has 0 spiro atoms. The van der Waals surface area contributed by atoms with Crippen molar-refractivity contribution in [1.82, 2.24) is 14.9 Å². The molecule has 3 aromatic rings. The summed E-state index contributed by atoms with van der Waals surface area (Å²) in [6, 6.07) is 17.0. The molecule has 0 saturated carbocycles. The van der Waals surface area contributed by atoms with E-state index in [1.165, 1.54) is 6.07 Å². The van der Waals surface area contributed by atoms with Gasteiger partial charge >= 0.3 is 0 Å². The first-order valence-corrected chi connectivity index (χ1v) is 11.3. The first-order valence-electron chi connectivity index (χ1n) is 11.3. The van der Waals surface area contributed by atoms with Crippen LogP contribution in [0.1, 0.15) is 28.2 Å². The molecule has 0 bridgehead atoms. The van der Waals surface area contributed by atoms with Gasteiger partial charge in [-0.05, 0) is 37.5 Å². The molecule has 4 rings (SSSR count). The third-order valence-corrected chi connectivity index (χ3v) is 6.08. The molecular formula is C26H31FN4O. The van der Waals surface area contributed by atoms with Gasteiger partial charge < -0.3 is 10.0 Å². The SMILES string of the molecule is Cc1nc(C)c(Cc2ccccc2F)c(N2CCN(C[C@@H](O)Cc3ccccc3)CC2)n1. The fourth-order valence-electron chi connectivity index (χ4n) is 4.41. The zero-order valence-corrected chi connectivity index (χ0v) is 18.8. The molecule has 6 heteroatoms. The fraction of sp³-hybridized carbons (Fsp3) is 0.385. The lowest BCUT2D eigenvalue weighted by Gasteiger charge is -2.37. The van der Waals surface area contributed by atoms with Crippen molar-refractivity contribution in [2.24, 2.45) is 0 Å². The smallest absolute Gasteiger partial charge is 0.136 e. The molecular weight excluding hydrogens is 403 g/mol. The zero-order chi connectivity index (χ0) is 22.5. The van der Waals surface area contributed by atoms with Gasteiger partial charge in [-0.15, -0.1) is 0 Å². The Hall–Kier alpha value is -2.83. The molecule has 168 valence electrons. The third-order valence-electron chi connectivity index (χ3n) is 6.08. The summed E-state index contributed by atoms with van der Waals surface area (Å²) in [6.45, 7) is 7.88. The van der Waals surface area contributed by atoms with Crippen LogP contribution in [0, 0.1) is 19.7 Å². The van der Waals surface area contributed by atoms with E-state index in [2.05, 4.69) is 26.9 Å². The lowest BCUT2D eigenvalue weighted by atomic mass is 10.0. The zero-order valence-electron chi connectivity index (χ0n) is 18.8. The van der Waals surface area contributed by atoms with Crippen LogP contribution in [0.25, 0.3) is 0 Å². The second kappa shape index (κ2) is 10.2. The molecule has 5 nitrogen and oxygen atoms in total. The number of rotatable bonds is 7. The molecule has 0 amide bonds. The Morgan fingerprint density at radius 3 is 2.34 bits per heavy atom. The number of halogens is 1. The van der Waals surface area contributed by atoms with Crippen molar-refractivity contribution >= 4 is 5.82 Å². The topological polar surface area (TPSA) is 52.5 Å². The lowest BCUT2D eigenvalue weighted by Crippen LogP contribution is -2.49. The van der Waals surface area contributed by atoms with Gasteiger partial charge in [-0.1, -0.05) is 48.5 Å². The minimum atomic E-state index is -0.385. The Bertz CT molecular complexity index is 1040. The molecule has 2 heterocycles. The molecule has 32 heavy (non-hydrogen) atoms. The minimum Gasteiger partial charge on any atom is -0.391 e. The predicted molar refractivity (Wildman–Crippen MR) is 126 cm³/mol. The highest BCUT2D eigenvalue weighted by Gasteiger charge is 2.24. The summed E-state index contributed by atoms with van der Waals surface area (Å²) in [4.78, 5) is 13.9. The van der Waals surface area contributed by atoms with Crippen molar-refractivity contribution in [2.45, 2.75) is 32.8 Å². The standard InChI is InChI=1S/C26H31FN4O/c1-19-24(17-22-10-6-7-11-25(22)27)26(29-20(2)28-19)31-14-12-30(13-15-31)18-23(32)16-21-8-4-3-5-9-21/h3-11,23,32H,12-18H2,1-2H3/t23-/m0/s1. The molecule has 0 aliphatic carbocycles. The van der Waals surface area contributed by atoms with E-state index in [-0.39, 0.29) is 11.9 Å². The van der Waals surface area contributed by atoms with Gasteiger partial charge in [0.15, 0.2) is 0 Å². The van der Waals surface area contributed by atoms with Crippen LogP contribution in [0.4, 0.5) is 10.2 Å². The van der Waals surface area contributed by atoms with Crippen LogP contribution in [0.3, 0.4) is 0 Å². The maximum absolute atomic E-state index is 14.3. The van der Waals surface area contributed by atoms with Crippen LogP contribution in [0.5, 0.6) is 0 Å². The van der Waals surface area contributed by atoms with Crippen molar-refractivity contribution in [2.75, 3.05) is 37.6 Å². The average molecular weight is 435 g/mol. The third kappa shape index (κ3) is 5.50. The summed E-state index contributed by atoms with van der Waals surface area (Å²) in [5.74, 6) is 1.44. The highest BCUT2D eigenvalue weighted by atomic mass is 19.1. The van der Waals surface area contributed by atoms with E-state index >= 15 is 0 Å². The summed E-state index contributed by atoms with van der Waals surface area (Å²) in [7, 11) is 0. The van der Waals surface area contributed by atoms with Crippen LogP contribution in [0.15, 0.2) is 54.6 Å². The largest absolute Gasteiger partial charge is 0.391 e. The van der Waals surface area contributed by atoms with Crippen molar-refractivity contribution in [3.8, 4) is 0 Å². The van der Waals surface area contributed by atoms with Gasteiger partial charge in [0.2, 0.25) is 0 Å². The number of hydrogen-bond donors (Lipinski definition) is 1. The second-order valence-electron chi connectivity index (χ2n) is 8.56. The maximum Gasteiger partial charge on any atom is 0.136 e. The van der Waals surface area contributed by atoms with Gasteiger partial charge in [-0.3, -0.25) is 4.90 Å². The van der Waals surface area contributed by atoms with E-state index in [1.807, 2.05) is 44.2 Å². The van der Waals surface area contributed by atoms with Gasteiger partial charge in [0.25, 0.3) is 0 Å². The molecule has 1 aromatic heterocycles. The Labute approximate surface area is 189 Å². The van der Waals surface area contributed by atoms with Crippen molar-refractivity contribution in [3.63, 3.8) is 0 Å². The summed E-state index contributed by atoms with van der Waals surface area (Å²) >= 11 is 0. The van der Waals surface area contributed by atoms with Gasteiger partial charge in [0.1, 0.15) is 17.5 Å². The lowest BCUT2D eigenvalue weighted by molar-refractivity contribution is 0.109. The number of β-amino-alcohol motifs (C(OH)–C–C–N with tert-alkyl or cyclic N) is 1. The number of anilines is 1. The van der Waals surface area contributed by atoms with E-state index in [0.717, 1.165) is 54.6 Å². The highest BCUT2D eigenvalue weighted by molar-refractivity contribution is 5.51. The number of aryl methyl sites for hydroxylation is 2. The van der Waals surface area contributed by atoms with E-state index in [0.29, 0.717) is 24.9 Å². The number of aliphatic hydroxyl groups is 1. The second-order valence-corrected chi connectivity index (χ2v) is 8.56.